The van der Waals surface area contributed by atoms with E-state index in [1.807, 2.05) is 0 Å². The average Bonchev–Trinajstić information content (AvgIpc) is 2.90. The summed E-state index contributed by atoms with van der Waals surface area (Å²) >= 11 is 0. The monoisotopic (exact) mass is 207 g/mol. The fraction of sp³-hybridized carbons (Fsp3) is 0.769. The van der Waals surface area contributed by atoms with Crippen LogP contribution in [0.2, 0.25) is 0 Å². The molecule has 0 aromatic rings. The number of Topliss-reactive ketones (excluding diaryl/α,β-unsaturated/α-hetero) is 1. The molecule has 0 N–H and O–H groups in total. The summed E-state index contributed by atoms with van der Waals surface area (Å²) in [6.45, 7) is 5.95. The number of hydrogen-bond acceptors (Lipinski definition) is 2. The predicted molar refractivity (Wildman–Crippen MR) is 61.8 cm³/mol. The van der Waals surface area contributed by atoms with Crippen molar-refractivity contribution in [2.45, 2.75) is 50.5 Å². The Labute approximate surface area is 92.3 Å². The highest BCUT2D eigenvalue weighted by atomic mass is 16.1. The zero-order valence-electron chi connectivity index (χ0n) is 9.50. The molecule has 0 unspecified atom stereocenters. The summed E-state index contributed by atoms with van der Waals surface area (Å²) in [5, 5.41) is 0. The van der Waals surface area contributed by atoms with E-state index in [0.29, 0.717) is 12.2 Å². The van der Waals surface area contributed by atoms with Crippen LogP contribution in [-0.4, -0.2) is 29.3 Å². The quantitative estimate of drug-likeness (QED) is 0.660. The highest BCUT2D eigenvalue weighted by Gasteiger charge is 2.45. The lowest BCUT2D eigenvalue weighted by Gasteiger charge is -2.37. The third-order valence-electron chi connectivity index (χ3n) is 3.99. The summed E-state index contributed by atoms with van der Waals surface area (Å²) in [7, 11) is 0. The van der Waals surface area contributed by atoms with Gasteiger partial charge in [0.2, 0.25) is 0 Å². The van der Waals surface area contributed by atoms with Crippen LogP contribution in [0.4, 0.5) is 0 Å². The molecule has 0 aromatic carbocycles. The summed E-state index contributed by atoms with van der Waals surface area (Å²) in [5.41, 5.74) is -0.0926. The number of nitrogens with zero attached hydrogens (tertiary/aromatic N) is 1. The van der Waals surface area contributed by atoms with Crippen LogP contribution in [0.3, 0.4) is 0 Å². The molecule has 2 aliphatic rings. The molecule has 84 valence electrons. The number of allylic oxidation sites excluding steroid dienone is 1. The van der Waals surface area contributed by atoms with E-state index < -0.39 is 0 Å². The lowest BCUT2D eigenvalue weighted by Crippen LogP contribution is -2.51. The molecule has 2 rings (SSSR count). The molecule has 0 spiro atoms. The van der Waals surface area contributed by atoms with Crippen LogP contribution >= 0.6 is 0 Å². The van der Waals surface area contributed by atoms with E-state index in [4.69, 9.17) is 0 Å². The molecule has 1 aliphatic carbocycles. The van der Waals surface area contributed by atoms with Gasteiger partial charge in [0.25, 0.3) is 0 Å². The minimum Gasteiger partial charge on any atom is -0.297 e. The smallest absolute Gasteiger partial charge is 0.156 e. The van der Waals surface area contributed by atoms with E-state index in [2.05, 4.69) is 11.5 Å². The largest absolute Gasteiger partial charge is 0.297 e. The molecule has 2 heteroatoms. The van der Waals surface area contributed by atoms with Crippen molar-refractivity contribution in [1.82, 2.24) is 4.90 Å². The first kappa shape index (κ1) is 10.9. The molecule has 0 amide bonds. The van der Waals surface area contributed by atoms with Crippen molar-refractivity contribution >= 4 is 5.78 Å². The van der Waals surface area contributed by atoms with Gasteiger partial charge in [0, 0.05) is 6.42 Å². The Morgan fingerprint density at radius 1 is 1.20 bits per heavy atom. The molecule has 1 saturated carbocycles. The van der Waals surface area contributed by atoms with Crippen molar-refractivity contribution in [2.24, 2.45) is 0 Å². The third kappa shape index (κ3) is 1.87. The molecule has 0 radical (unpaired) electrons. The zero-order chi connectivity index (χ0) is 10.7. The maximum atomic E-state index is 12.2. The first-order chi connectivity index (χ1) is 7.29. The Morgan fingerprint density at radius 3 is 2.33 bits per heavy atom. The lowest BCUT2D eigenvalue weighted by atomic mass is 9.88. The maximum Gasteiger partial charge on any atom is 0.156 e. The Kier molecular flexibility index (Phi) is 3.25. The zero-order valence-corrected chi connectivity index (χ0v) is 9.50. The predicted octanol–water partition coefficient (Wildman–Crippen LogP) is 2.54. The number of likely N-dealkylation sites (tertiary alicyclic amines) is 1. The van der Waals surface area contributed by atoms with Gasteiger partial charge < -0.3 is 0 Å². The second-order valence-electron chi connectivity index (χ2n) is 4.85. The van der Waals surface area contributed by atoms with Crippen molar-refractivity contribution < 1.29 is 4.79 Å². The molecule has 2 fully saturated rings. The third-order valence-corrected chi connectivity index (χ3v) is 3.99. The number of hydrogen-bond donors (Lipinski definition) is 0. The highest BCUT2D eigenvalue weighted by Crippen LogP contribution is 2.38. The summed E-state index contributed by atoms with van der Waals surface area (Å²) in [6.07, 6.45) is 9.46. The molecule has 1 aliphatic heterocycles. The van der Waals surface area contributed by atoms with E-state index in [-0.39, 0.29) is 5.54 Å². The van der Waals surface area contributed by atoms with Crippen LogP contribution in [-0.2, 0) is 4.79 Å². The Balaban J connectivity index is 2.15. The first-order valence-corrected chi connectivity index (χ1v) is 6.19. The summed E-state index contributed by atoms with van der Waals surface area (Å²) in [6, 6.07) is 0. The molecule has 15 heavy (non-hydrogen) atoms. The fourth-order valence-electron chi connectivity index (χ4n) is 3.20. The van der Waals surface area contributed by atoms with Gasteiger partial charge in [0.05, 0.1) is 5.54 Å². The molecule has 1 heterocycles. The van der Waals surface area contributed by atoms with Crippen LogP contribution < -0.4 is 0 Å². The molecule has 0 atom stereocenters. The molecular formula is C13H21NO. The van der Waals surface area contributed by atoms with Crippen LogP contribution in [0, 0.1) is 0 Å². The second-order valence-corrected chi connectivity index (χ2v) is 4.85. The van der Waals surface area contributed by atoms with Crippen LogP contribution in [0.1, 0.15) is 44.9 Å². The number of ketones is 1. The van der Waals surface area contributed by atoms with Gasteiger partial charge in [-0.1, -0.05) is 18.9 Å². The van der Waals surface area contributed by atoms with Gasteiger partial charge in [-0.15, -0.1) is 6.58 Å². The van der Waals surface area contributed by atoms with E-state index in [0.717, 1.165) is 25.9 Å². The van der Waals surface area contributed by atoms with Crippen LogP contribution in [0.5, 0.6) is 0 Å². The van der Waals surface area contributed by atoms with Gasteiger partial charge in [-0.05, 0) is 38.8 Å². The van der Waals surface area contributed by atoms with Crippen LogP contribution in [0.15, 0.2) is 12.7 Å². The van der Waals surface area contributed by atoms with Crippen LogP contribution in [0.25, 0.3) is 0 Å². The molecule has 0 aromatic heterocycles. The summed E-state index contributed by atoms with van der Waals surface area (Å²) in [4.78, 5) is 14.7. The van der Waals surface area contributed by atoms with E-state index >= 15 is 0 Å². The number of carbonyl (C=O) groups excluding carboxylic acids is 1. The Bertz CT molecular complexity index is 247. The SMILES string of the molecule is C=CCC(=O)C1(N2CCCC2)CCCC1. The minimum absolute atomic E-state index is 0.0926. The maximum absolute atomic E-state index is 12.2. The average molecular weight is 207 g/mol. The molecule has 0 bridgehead atoms. The van der Waals surface area contributed by atoms with Crippen molar-refractivity contribution in [3.05, 3.63) is 12.7 Å². The normalized spacial score (nSPS) is 25.6. The van der Waals surface area contributed by atoms with Gasteiger partial charge in [-0.2, -0.15) is 0 Å². The Hall–Kier alpha value is -0.630. The lowest BCUT2D eigenvalue weighted by molar-refractivity contribution is -0.129. The van der Waals surface area contributed by atoms with E-state index in [1.165, 1.54) is 25.7 Å². The first-order valence-electron chi connectivity index (χ1n) is 6.19. The number of rotatable bonds is 4. The van der Waals surface area contributed by atoms with Gasteiger partial charge in [-0.25, -0.2) is 0 Å². The number of carbonyl (C=O) groups is 1. The minimum atomic E-state index is -0.0926. The van der Waals surface area contributed by atoms with Crippen molar-refractivity contribution in [1.29, 1.82) is 0 Å². The standard InChI is InChI=1S/C13H21NO/c1-2-7-12(15)13(8-3-4-9-13)14-10-5-6-11-14/h2H,1,3-11H2. The molecule has 1 saturated heterocycles. The second kappa shape index (κ2) is 4.48. The van der Waals surface area contributed by atoms with Crippen molar-refractivity contribution in [3.8, 4) is 0 Å². The Morgan fingerprint density at radius 2 is 1.80 bits per heavy atom. The molecular weight excluding hydrogens is 186 g/mol. The van der Waals surface area contributed by atoms with Crippen molar-refractivity contribution in [2.75, 3.05) is 13.1 Å². The highest BCUT2D eigenvalue weighted by molar-refractivity contribution is 5.89. The van der Waals surface area contributed by atoms with Gasteiger partial charge in [-0.3, -0.25) is 9.69 Å². The summed E-state index contributed by atoms with van der Waals surface area (Å²) in [5.74, 6) is 0.414. The van der Waals surface area contributed by atoms with E-state index in [1.54, 1.807) is 6.08 Å². The van der Waals surface area contributed by atoms with Gasteiger partial charge >= 0.3 is 0 Å². The van der Waals surface area contributed by atoms with Gasteiger partial charge in [0.15, 0.2) is 5.78 Å². The van der Waals surface area contributed by atoms with E-state index in [9.17, 15) is 4.79 Å². The summed E-state index contributed by atoms with van der Waals surface area (Å²) < 4.78 is 0. The van der Waals surface area contributed by atoms with Gasteiger partial charge in [0.1, 0.15) is 0 Å². The van der Waals surface area contributed by atoms with Crippen molar-refractivity contribution in [3.63, 3.8) is 0 Å². The fourth-order valence-corrected chi connectivity index (χ4v) is 3.20. The topological polar surface area (TPSA) is 20.3 Å². The molecule has 2 nitrogen and oxygen atoms in total.